The summed E-state index contributed by atoms with van der Waals surface area (Å²) in [4.78, 5) is 0. The lowest BCUT2D eigenvalue weighted by Gasteiger charge is -2.12. The van der Waals surface area contributed by atoms with Crippen molar-refractivity contribution in [1.82, 2.24) is 0 Å². The highest BCUT2D eigenvalue weighted by molar-refractivity contribution is 5.35. The van der Waals surface area contributed by atoms with Crippen LogP contribution in [0.2, 0.25) is 0 Å². The van der Waals surface area contributed by atoms with Crippen molar-refractivity contribution in [3.05, 3.63) is 95.1 Å². The van der Waals surface area contributed by atoms with Crippen molar-refractivity contribution in [1.29, 1.82) is 0 Å². The van der Waals surface area contributed by atoms with Gasteiger partial charge in [-0.05, 0) is 60.4 Å². The predicted octanol–water partition coefficient (Wildman–Crippen LogP) is 5.46. The molecule has 3 aromatic carbocycles. The summed E-state index contributed by atoms with van der Waals surface area (Å²) in [7, 11) is 0. The Labute approximate surface area is 143 Å². The standard InChI is InChI=1S/C22H22O2/c1-17-7-6-8-18(2)22(17)16-24-21-13-11-20(12-14-21)23-15-19-9-4-3-5-10-19/h3-14H,15-16H2,1-2H3. The first-order valence-corrected chi connectivity index (χ1v) is 8.17. The van der Waals surface area contributed by atoms with Crippen LogP contribution in [0.5, 0.6) is 11.5 Å². The van der Waals surface area contributed by atoms with E-state index in [1.807, 2.05) is 42.5 Å². The molecule has 122 valence electrons. The Balaban J connectivity index is 1.57. The largest absolute Gasteiger partial charge is 0.489 e. The van der Waals surface area contributed by atoms with Crippen LogP contribution in [-0.4, -0.2) is 0 Å². The Morgan fingerprint density at radius 2 is 1.12 bits per heavy atom. The maximum absolute atomic E-state index is 5.92. The number of hydrogen-bond acceptors (Lipinski definition) is 2. The van der Waals surface area contributed by atoms with E-state index in [1.54, 1.807) is 0 Å². The van der Waals surface area contributed by atoms with Crippen molar-refractivity contribution in [3.8, 4) is 11.5 Å². The number of ether oxygens (including phenoxy) is 2. The Kier molecular flexibility index (Phi) is 5.17. The first kappa shape index (κ1) is 16.1. The zero-order valence-corrected chi connectivity index (χ0v) is 14.2. The third kappa shape index (κ3) is 4.17. The molecule has 0 bridgehead atoms. The molecule has 0 spiro atoms. The van der Waals surface area contributed by atoms with Crippen molar-refractivity contribution < 1.29 is 9.47 Å². The second-order valence-corrected chi connectivity index (χ2v) is 5.90. The van der Waals surface area contributed by atoms with E-state index in [-0.39, 0.29) is 0 Å². The maximum Gasteiger partial charge on any atom is 0.120 e. The lowest BCUT2D eigenvalue weighted by Crippen LogP contribution is -2.00. The Morgan fingerprint density at radius 3 is 1.71 bits per heavy atom. The van der Waals surface area contributed by atoms with Gasteiger partial charge in [0, 0.05) is 0 Å². The van der Waals surface area contributed by atoms with E-state index in [9.17, 15) is 0 Å². The molecular weight excluding hydrogens is 296 g/mol. The third-order valence-corrected chi connectivity index (χ3v) is 4.10. The van der Waals surface area contributed by atoms with Crippen molar-refractivity contribution >= 4 is 0 Å². The first-order chi connectivity index (χ1) is 11.7. The minimum atomic E-state index is 0.573. The molecule has 0 aromatic heterocycles. The molecule has 0 saturated heterocycles. The molecule has 0 unspecified atom stereocenters. The van der Waals surface area contributed by atoms with E-state index in [0.717, 1.165) is 17.1 Å². The Bertz CT molecular complexity index is 757. The van der Waals surface area contributed by atoms with E-state index < -0.39 is 0 Å². The number of rotatable bonds is 6. The fraction of sp³-hybridized carbons (Fsp3) is 0.182. The summed E-state index contributed by atoms with van der Waals surface area (Å²) in [5.41, 5.74) is 4.94. The molecular formula is C22H22O2. The van der Waals surface area contributed by atoms with Crippen LogP contribution in [-0.2, 0) is 13.2 Å². The zero-order valence-electron chi connectivity index (χ0n) is 14.2. The molecule has 3 rings (SSSR count). The van der Waals surface area contributed by atoms with Crippen LogP contribution in [0.15, 0.2) is 72.8 Å². The molecule has 2 nitrogen and oxygen atoms in total. The van der Waals surface area contributed by atoms with Gasteiger partial charge in [-0.2, -0.15) is 0 Å². The summed E-state index contributed by atoms with van der Waals surface area (Å²) in [6.07, 6.45) is 0. The average molecular weight is 318 g/mol. The second-order valence-electron chi connectivity index (χ2n) is 5.90. The van der Waals surface area contributed by atoms with Gasteiger partial charge < -0.3 is 9.47 Å². The molecule has 2 heteroatoms. The monoisotopic (exact) mass is 318 g/mol. The maximum atomic E-state index is 5.92. The van der Waals surface area contributed by atoms with Crippen LogP contribution in [0.25, 0.3) is 0 Å². The highest BCUT2D eigenvalue weighted by Crippen LogP contribution is 2.21. The molecule has 0 aliphatic carbocycles. The summed E-state index contributed by atoms with van der Waals surface area (Å²) in [5, 5.41) is 0. The smallest absolute Gasteiger partial charge is 0.120 e. The highest BCUT2D eigenvalue weighted by Gasteiger charge is 2.03. The van der Waals surface area contributed by atoms with Crippen LogP contribution in [0.3, 0.4) is 0 Å². The van der Waals surface area contributed by atoms with E-state index in [2.05, 4.69) is 44.2 Å². The molecule has 3 aromatic rings. The van der Waals surface area contributed by atoms with Gasteiger partial charge in [-0.3, -0.25) is 0 Å². The van der Waals surface area contributed by atoms with Gasteiger partial charge in [0.2, 0.25) is 0 Å². The third-order valence-electron chi connectivity index (χ3n) is 4.10. The molecule has 0 heterocycles. The summed E-state index contributed by atoms with van der Waals surface area (Å²) in [5.74, 6) is 1.70. The van der Waals surface area contributed by atoms with Gasteiger partial charge >= 0.3 is 0 Å². The molecule has 0 aliphatic rings. The normalized spacial score (nSPS) is 10.4. The van der Waals surface area contributed by atoms with Crippen molar-refractivity contribution in [2.24, 2.45) is 0 Å². The van der Waals surface area contributed by atoms with Crippen molar-refractivity contribution in [3.63, 3.8) is 0 Å². The molecule has 0 radical (unpaired) electrons. The second kappa shape index (κ2) is 7.69. The first-order valence-electron chi connectivity index (χ1n) is 8.17. The van der Waals surface area contributed by atoms with Crippen molar-refractivity contribution in [2.75, 3.05) is 0 Å². The Hall–Kier alpha value is -2.74. The fourth-order valence-corrected chi connectivity index (χ4v) is 2.61. The fourth-order valence-electron chi connectivity index (χ4n) is 2.61. The number of hydrogen-bond donors (Lipinski definition) is 0. The van der Waals surface area contributed by atoms with E-state index in [0.29, 0.717) is 13.2 Å². The number of benzene rings is 3. The van der Waals surface area contributed by atoms with Gasteiger partial charge in [-0.25, -0.2) is 0 Å². The molecule has 0 aliphatic heterocycles. The van der Waals surface area contributed by atoms with Crippen LogP contribution >= 0.6 is 0 Å². The summed E-state index contributed by atoms with van der Waals surface area (Å²) in [6.45, 7) is 5.39. The van der Waals surface area contributed by atoms with Gasteiger partial charge in [0.05, 0.1) is 0 Å². The van der Waals surface area contributed by atoms with Gasteiger partial charge in [0.25, 0.3) is 0 Å². The molecule has 0 saturated carbocycles. The van der Waals surface area contributed by atoms with E-state index in [4.69, 9.17) is 9.47 Å². The van der Waals surface area contributed by atoms with Crippen LogP contribution in [0.4, 0.5) is 0 Å². The average Bonchev–Trinajstić information content (AvgIpc) is 2.61. The van der Waals surface area contributed by atoms with E-state index >= 15 is 0 Å². The van der Waals surface area contributed by atoms with Crippen molar-refractivity contribution in [2.45, 2.75) is 27.1 Å². The lowest BCUT2D eigenvalue weighted by molar-refractivity contribution is 0.296. The molecule has 0 amide bonds. The summed E-state index contributed by atoms with van der Waals surface area (Å²) in [6, 6.07) is 24.3. The topological polar surface area (TPSA) is 18.5 Å². The molecule has 0 N–H and O–H groups in total. The number of aryl methyl sites for hydroxylation is 2. The minimum Gasteiger partial charge on any atom is -0.489 e. The summed E-state index contributed by atoms with van der Waals surface area (Å²) < 4.78 is 11.7. The van der Waals surface area contributed by atoms with Gasteiger partial charge in [0.1, 0.15) is 24.7 Å². The summed E-state index contributed by atoms with van der Waals surface area (Å²) >= 11 is 0. The van der Waals surface area contributed by atoms with Crippen LogP contribution in [0.1, 0.15) is 22.3 Å². The van der Waals surface area contributed by atoms with E-state index in [1.165, 1.54) is 16.7 Å². The quantitative estimate of drug-likeness (QED) is 0.600. The molecule has 24 heavy (non-hydrogen) atoms. The zero-order chi connectivity index (χ0) is 16.8. The SMILES string of the molecule is Cc1cccc(C)c1COc1ccc(OCc2ccccc2)cc1. The van der Waals surface area contributed by atoms with Gasteiger partial charge in [0.15, 0.2) is 0 Å². The van der Waals surface area contributed by atoms with Gasteiger partial charge in [-0.1, -0.05) is 48.5 Å². The Morgan fingerprint density at radius 1 is 0.583 bits per heavy atom. The lowest BCUT2D eigenvalue weighted by atomic mass is 10.0. The minimum absolute atomic E-state index is 0.573. The molecule has 0 atom stereocenters. The van der Waals surface area contributed by atoms with Crippen LogP contribution in [0, 0.1) is 13.8 Å². The predicted molar refractivity (Wildman–Crippen MR) is 97.5 cm³/mol. The van der Waals surface area contributed by atoms with Crippen LogP contribution < -0.4 is 9.47 Å². The highest BCUT2D eigenvalue weighted by atomic mass is 16.5. The van der Waals surface area contributed by atoms with Gasteiger partial charge in [-0.15, -0.1) is 0 Å². The molecule has 0 fully saturated rings.